The number of hydrogen-bond acceptors (Lipinski definition) is 3. The van der Waals surface area contributed by atoms with E-state index in [1.54, 1.807) is 11.3 Å². The molecule has 3 nitrogen and oxygen atoms in total. The molecule has 3 rings (SSSR count). The van der Waals surface area contributed by atoms with E-state index in [0.717, 1.165) is 46.0 Å². The maximum atomic E-state index is 12.2. The van der Waals surface area contributed by atoms with Crippen molar-refractivity contribution in [2.75, 3.05) is 13.6 Å². The fraction of sp³-hybridized carbons (Fsp3) is 0.312. The van der Waals surface area contributed by atoms with Gasteiger partial charge in [0.05, 0.1) is 11.1 Å². The first-order valence-electron chi connectivity index (χ1n) is 7.02. The molecule has 0 radical (unpaired) electrons. The van der Waals surface area contributed by atoms with Gasteiger partial charge < -0.3 is 10.6 Å². The number of aryl methyl sites for hydroxylation is 1. The SMILES string of the molecule is CNC(c1ccc2c(c1)C(=O)NCCC2)c1sccc1Cl. The van der Waals surface area contributed by atoms with Gasteiger partial charge in [-0.05, 0) is 48.5 Å². The van der Waals surface area contributed by atoms with Crippen molar-refractivity contribution < 1.29 is 4.79 Å². The minimum absolute atomic E-state index is 0.0128. The topological polar surface area (TPSA) is 41.1 Å². The zero-order valence-corrected chi connectivity index (χ0v) is 13.4. The number of carbonyl (C=O) groups is 1. The van der Waals surface area contributed by atoms with E-state index in [1.807, 2.05) is 24.6 Å². The normalized spacial score (nSPS) is 16.0. The summed E-state index contributed by atoms with van der Waals surface area (Å²) in [6.07, 6.45) is 1.93. The predicted octanol–water partition coefficient (Wildman–Crippen LogP) is 3.39. The van der Waals surface area contributed by atoms with E-state index in [1.165, 1.54) is 0 Å². The molecule has 1 aliphatic heterocycles. The second-order valence-electron chi connectivity index (χ2n) is 5.13. The zero-order chi connectivity index (χ0) is 14.8. The number of benzene rings is 1. The molecular formula is C16H17ClN2OS. The Morgan fingerprint density at radius 2 is 2.24 bits per heavy atom. The van der Waals surface area contributed by atoms with Crippen LogP contribution in [0.2, 0.25) is 5.02 Å². The van der Waals surface area contributed by atoms with E-state index in [9.17, 15) is 4.79 Å². The number of carbonyl (C=O) groups excluding carboxylic acids is 1. The maximum absolute atomic E-state index is 12.2. The van der Waals surface area contributed by atoms with Gasteiger partial charge in [0.25, 0.3) is 5.91 Å². The third-order valence-electron chi connectivity index (χ3n) is 3.82. The average molecular weight is 321 g/mol. The lowest BCUT2D eigenvalue weighted by Gasteiger charge is -2.17. The fourth-order valence-corrected chi connectivity index (χ4v) is 4.04. The summed E-state index contributed by atoms with van der Waals surface area (Å²) in [4.78, 5) is 13.2. The Morgan fingerprint density at radius 1 is 1.38 bits per heavy atom. The van der Waals surface area contributed by atoms with Gasteiger partial charge in [0.15, 0.2) is 0 Å². The molecule has 2 aromatic rings. The van der Waals surface area contributed by atoms with Crippen molar-refractivity contribution in [1.82, 2.24) is 10.6 Å². The summed E-state index contributed by atoms with van der Waals surface area (Å²) < 4.78 is 0. The Balaban J connectivity index is 2.02. The highest BCUT2D eigenvalue weighted by Gasteiger charge is 2.21. The van der Waals surface area contributed by atoms with Gasteiger partial charge in [-0.3, -0.25) is 4.79 Å². The molecule has 2 heterocycles. The summed E-state index contributed by atoms with van der Waals surface area (Å²) in [5.41, 5.74) is 2.98. The van der Waals surface area contributed by atoms with Crippen molar-refractivity contribution >= 4 is 28.8 Å². The second kappa shape index (κ2) is 6.18. The van der Waals surface area contributed by atoms with E-state index in [2.05, 4.69) is 22.8 Å². The molecule has 1 atom stereocenters. The van der Waals surface area contributed by atoms with Gasteiger partial charge in [-0.25, -0.2) is 0 Å². The number of rotatable bonds is 3. The molecule has 1 aliphatic rings. The van der Waals surface area contributed by atoms with Crippen molar-refractivity contribution in [1.29, 1.82) is 0 Å². The number of thiophene rings is 1. The molecule has 5 heteroatoms. The van der Waals surface area contributed by atoms with Crippen LogP contribution in [0.5, 0.6) is 0 Å². The third-order valence-corrected chi connectivity index (χ3v) is 5.24. The van der Waals surface area contributed by atoms with E-state index in [4.69, 9.17) is 11.6 Å². The molecular weight excluding hydrogens is 304 g/mol. The second-order valence-corrected chi connectivity index (χ2v) is 6.49. The molecule has 1 amide bonds. The molecule has 2 N–H and O–H groups in total. The molecule has 1 unspecified atom stereocenters. The van der Waals surface area contributed by atoms with Crippen LogP contribution in [0.15, 0.2) is 29.6 Å². The van der Waals surface area contributed by atoms with Gasteiger partial charge in [-0.1, -0.05) is 23.7 Å². The number of nitrogens with one attached hydrogen (secondary N) is 2. The van der Waals surface area contributed by atoms with Crippen LogP contribution in [0.3, 0.4) is 0 Å². The van der Waals surface area contributed by atoms with Crippen LogP contribution in [0, 0.1) is 0 Å². The first-order valence-corrected chi connectivity index (χ1v) is 8.27. The summed E-state index contributed by atoms with van der Waals surface area (Å²) in [5.74, 6) is 0.0245. The van der Waals surface area contributed by atoms with Crippen molar-refractivity contribution in [3.8, 4) is 0 Å². The van der Waals surface area contributed by atoms with Crippen LogP contribution in [-0.2, 0) is 6.42 Å². The first-order chi connectivity index (χ1) is 10.2. The van der Waals surface area contributed by atoms with Gasteiger partial charge >= 0.3 is 0 Å². The Hall–Kier alpha value is -1.36. The van der Waals surface area contributed by atoms with E-state index in [0.29, 0.717) is 0 Å². The van der Waals surface area contributed by atoms with Gasteiger partial charge in [-0.2, -0.15) is 0 Å². The van der Waals surface area contributed by atoms with Crippen LogP contribution in [0.25, 0.3) is 0 Å². The van der Waals surface area contributed by atoms with E-state index < -0.39 is 0 Å². The summed E-state index contributed by atoms with van der Waals surface area (Å²) >= 11 is 7.88. The van der Waals surface area contributed by atoms with Crippen LogP contribution in [0.4, 0.5) is 0 Å². The first kappa shape index (κ1) is 14.6. The van der Waals surface area contributed by atoms with Gasteiger partial charge in [0, 0.05) is 17.0 Å². The average Bonchev–Trinajstić information content (AvgIpc) is 2.82. The molecule has 0 bridgehead atoms. The number of hydrogen-bond donors (Lipinski definition) is 2. The van der Waals surface area contributed by atoms with Crippen LogP contribution in [-0.4, -0.2) is 19.5 Å². The van der Waals surface area contributed by atoms with Crippen LogP contribution >= 0.6 is 22.9 Å². The van der Waals surface area contributed by atoms with Gasteiger partial charge in [0.2, 0.25) is 0 Å². The Morgan fingerprint density at radius 3 is 2.95 bits per heavy atom. The molecule has 0 saturated carbocycles. The van der Waals surface area contributed by atoms with Gasteiger partial charge in [-0.15, -0.1) is 11.3 Å². The lowest BCUT2D eigenvalue weighted by molar-refractivity contribution is 0.0956. The molecule has 110 valence electrons. The van der Waals surface area contributed by atoms with E-state index >= 15 is 0 Å². The van der Waals surface area contributed by atoms with Crippen molar-refractivity contribution in [3.05, 3.63) is 56.2 Å². The molecule has 1 aromatic carbocycles. The fourth-order valence-electron chi connectivity index (χ4n) is 2.74. The highest BCUT2D eigenvalue weighted by atomic mass is 35.5. The van der Waals surface area contributed by atoms with Crippen molar-refractivity contribution in [2.45, 2.75) is 18.9 Å². The third kappa shape index (κ3) is 2.84. The maximum Gasteiger partial charge on any atom is 0.251 e. The molecule has 21 heavy (non-hydrogen) atoms. The standard InChI is InChI=1S/C16H17ClN2OS/c1-18-14(15-13(17)6-8-21-15)11-5-4-10-3-2-7-19-16(20)12(10)9-11/h4-6,8-9,14,18H,2-3,7H2,1H3,(H,19,20). The Labute approximate surface area is 133 Å². The predicted molar refractivity (Wildman–Crippen MR) is 87.3 cm³/mol. The summed E-state index contributed by atoms with van der Waals surface area (Å²) in [7, 11) is 1.91. The molecule has 0 spiro atoms. The largest absolute Gasteiger partial charge is 0.352 e. The van der Waals surface area contributed by atoms with E-state index in [-0.39, 0.29) is 11.9 Å². The lowest BCUT2D eigenvalue weighted by atomic mass is 9.96. The minimum atomic E-state index is 0.0128. The zero-order valence-electron chi connectivity index (χ0n) is 11.8. The van der Waals surface area contributed by atoms with Crippen LogP contribution in [0.1, 0.15) is 38.8 Å². The molecule has 1 aromatic heterocycles. The monoisotopic (exact) mass is 320 g/mol. The molecule has 0 aliphatic carbocycles. The smallest absolute Gasteiger partial charge is 0.251 e. The minimum Gasteiger partial charge on any atom is -0.352 e. The summed E-state index contributed by atoms with van der Waals surface area (Å²) in [5, 5.41) is 8.99. The lowest BCUT2D eigenvalue weighted by Crippen LogP contribution is -2.23. The number of fused-ring (bicyclic) bond motifs is 1. The van der Waals surface area contributed by atoms with Crippen molar-refractivity contribution in [2.24, 2.45) is 0 Å². The van der Waals surface area contributed by atoms with Crippen LogP contribution < -0.4 is 10.6 Å². The number of amides is 1. The Kier molecular flexibility index (Phi) is 4.29. The Bertz CT molecular complexity index is 668. The summed E-state index contributed by atoms with van der Waals surface area (Å²) in [6, 6.07) is 8.07. The van der Waals surface area contributed by atoms with Gasteiger partial charge in [0.1, 0.15) is 0 Å². The molecule has 0 saturated heterocycles. The summed E-state index contributed by atoms with van der Waals surface area (Å²) in [6.45, 7) is 0.745. The highest BCUT2D eigenvalue weighted by molar-refractivity contribution is 7.10. The quantitative estimate of drug-likeness (QED) is 0.910. The number of halogens is 1. The molecule has 0 fully saturated rings. The van der Waals surface area contributed by atoms with Crippen molar-refractivity contribution in [3.63, 3.8) is 0 Å². The highest BCUT2D eigenvalue weighted by Crippen LogP contribution is 2.33.